The number of carbonyl (C=O) groups excluding carboxylic acids is 2. The van der Waals surface area contributed by atoms with E-state index >= 15 is 0 Å². The molecule has 7 heteroatoms. The largest absolute Gasteiger partial charge is 0.396 e. The SMILES string of the molecule is O=C(CSCCO)NCC(=O)Nc1ccccc1Br. The lowest BCUT2D eigenvalue weighted by Crippen LogP contribution is -2.34. The van der Waals surface area contributed by atoms with Crippen molar-refractivity contribution in [1.82, 2.24) is 5.32 Å². The Bertz CT molecular complexity index is 443. The van der Waals surface area contributed by atoms with Gasteiger partial charge in [-0.15, -0.1) is 11.8 Å². The summed E-state index contributed by atoms with van der Waals surface area (Å²) in [6.45, 7) is -0.0275. The Morgan fingerprint density at radius 1 is 1.26 bits per heavy atom. The molecule has 0 spiro atoms. The van der Waals surface area contributed by atoms with Crippen molar-refractivity contribution in [2.75, 3.05) is 30.0 Å². The minimum Gasteiger partial charge on any atom is -0.396 e. The Kier molecular flexibility index (Phi) is 7.54. The van der Waals surface area contributed by atoms with Gasteiger partial charge in [-0.3, -0.25) is 9.59 Å². The highest BCUT2D eigenvalue weighted by Gasteiger charge is 2.07. The molecule has 0 heterocycles. The van der Waals surface area contributed by atoms with Crippen LogP contribution in [0.4, 0.5) is 5.69 Å². The maximum absolute atomic E-state index is 11.6. The molecule has 0 saturated heterocycles. The predicted octanol–water partition coefficient (Wildman–Crippen LogP) is 1.23. The number of anilines is 1. The summed E-state index contributed by atoms with van der Waals surface area (Å²) in [7, 11) is 0. The molecule has 0 atom stereocenters. The van der Waals surface area contributed by atoms with E-state index in [-0.39, 0.29) is 30.7 Å². The molecule has 0 aliphatic rings. The Balaban J connectivity index is 2.28. The van der Waals surface area contributed by atoms with Crippen LogP contribution >= 0.6 is 27.7 Å². The molecule has 0 aliphatic carbocycles. The lowest BCUT2D eigenvalue weighted by atomic mass is 10.3. The molecule has 0 fully saturated rings. The second-order valence-electron chi connectivity index (χ2n) is 3.58. The van der Waals surface area contributed by atoms with Gasteiger partial charge in [0, 0.05) is 10.2 Å². The van der Waals surface area contributed by atoms with Crippen molar-refractivity contribution < 1.29 is 14.7 Å². The van der Waals surface area contributed by atoms with Crippen LogP contribution in [0.1, 0.15) is 0 Å². The zero-order valence-corrected chi connectivity index (χ0v) is 12.6. The second-order valence-corrected chi connectivity index (χ2v) is 5.54. The van der Waals surface area contributed by atoms with Crippen molar-refractivity contribution in [2.45, 2.75) is 0 Å². The normalized spacial score (nSPS) is 10.0. The van der Waals surface area contributed by atoms with E-state index in [2.05, 4.69) is 26.6 Å². The molecule has 1 rings (SSSR count). The maximum atomic E-state index is 11.6. The van der Waals surface area contributed by atoms with Gasteiger partial charge in [0.25, 0.3) is 0 Å². The Morgan fingerprint density at radius 2 is 2.00 bits per heavy atom. The van der Waals surface area contributed by atoms with Crippen molar-refractivity contribution in [1.29, 1.82) is 0 Å². The minimum atomic E-state index is -0.285. The van der Waals surface area contributed by atoms with E-state index in [1.54, 1.807) is 6.07 Å². The van der Waals surface area contributed by atoms with Gasteiger partial charge in [0.05, 0.1) is 24.6 Å². The van der Waals surface area contributed by atoms with Crippen LogP contribution in [0.15, 0.2) is 28.7 Å². The molecule has 2 amide bonds. The van der Waals surface area contributed by atoms with Gasteiger partial charge in [-0.2, -0.15) is 0 Å². The molecule has 1 aromatic rings. The van der Waals surface area contributed by atoms with Gasteiger partial charge in [0.2, 0.25) is 11.8 Å². The molecule has 5 nitrogen and oxygen atoms in total. The minimum absolute atomic E-state index is 0.0421. The molecule has 104 valence electrons. The Morgan fingerprint density at radius 3 is 2.68 bits per heavy atom. The van der Waals surface area contributed by atoms with Crippen LogP contribution in [-0.4, -0.2) is 41.6 Å². The van der Waals surface area contributed by atoms with Crippen LogP contribution in [0.25, 0.3) is 0 Å². The van der Waals surface area contributed by atoms with E-state index in [4.69, 9.17) is 5.11 Å². The van der Waals surface area contributed by atoms with Gasteiger partial charge in [-0.25, -0.2) is 0 Å². The molecular formula is C12H15BrN2O3S. The summed E-state index contributed by atoms with van der Waals surface area (Å²) in [6.07, 6.45) is 0. The third-order valence-corrected chi connectivity index (χ3v) is 3.69. The smallest absolute Gasteiger partial charge is 0.243 e. The summed E-state index contributed by atoms with van der Waals surface area (Å²) in [5, 5.41) is 13.8. The predicted molar refractivity (Wildman–Crippen MR) is 80.2 cm³/mol. The molecule has 0 aromatic heterocycles. The summed E-state index contributed by atoms with van der Waals surface area (Å²) in [4.78, 5) is 22.9. The third kappa shape index (κ3) is 6.60. The summed E-state index contributed by atoms with van der Waals surface area (Å²) < 4.78 is 0.785. The first kappa shape index (κ1) is 16.0. The molecular weight excluding hydrogens is 332 g/mol. The fourth-order valence-corrected chi connectivity index (χ4v) is 2.16. The molecule has 0 saturated carbocycles. The van der Waals surface area contributed by atoms with Gasteiger partial charge in [-0.05, 0) is 28.1 Å². The highest BCUT2D eigenvalue weighted by Crippen LogP contribution is 2.20. The van der Waals surface area contributed by atoms with Gasteiger partial charge in [-0.1, -0.05) is 12.1 Å². The van der Waals surface area contributed by atoms with Crippen LogP contribution in [0.5, 0.6) is 0 Å². The van der Waals surface area contributed by atoms with E-state index in [9.17, 15) is 9.59 Å². The van der Waals surface area contributed by atoms with Gasteiger partial charge < -0.3 is 15.7 Å². The van der Waals surface area contributed by atoms with Crippen molar-refractivity contribution in [3.63, 3.8) is 0 Å². The lowest BCUT2D eigenvalue weighted by Gasteiger charge is -2.08. The summed E-state index contributed by atoms with van der Waals surface area (Å²) >= 11 is 4.64. The quantitative estimate of drug-likeness (QED) is 0.649. The molecule has 0 bridgehead atoms. The molecule has 0 unspecified atom stereocenters. The number of nitrogens with one attached hydrogen (secondary N) is 2. The summed E-state index contributed by atoms with van der Waals surface area (Å²) in [6, 6.07) is 7.24. The fourth-order valence-electron chi connectivity index (χ4n) is 1.22. The molecule has 1 aromatic carbocycles. The monoisotopic (exact) mass is 346 g/mol. The number of para-hydroxylation sites is 1. The van der Waals surface area contributed by atoms with Crippen LogP contribution in [0.2, 0.25) is 0 Å². The maximum Gasteiger partial charge on any atom is 0.243 e. The molecule has 3 N–H and O–H groups in total. The number of carbonyl (C=O) groups is 2. The standard InChI is InChI=1S/C12H15BrN2O3S/c13-9-3-1-2-4-10(9)15-11(17)7-14-12(18)8-19-6-5-16/h1-4,16H,5-8H2,(H,14,18)(H,15,17). The number of aliphatic hydroxyl groups excluding tert-OH is 1. The summed E-state index contributed by atoms with van der Waals surface area (Å²) in [5.41, 5.74) is 0.663. The first-order chi connectivity index (χ1) is 9.13. The number of rotatable bonds is 7. The van der Waals surface area contributed by atoms with Crippen LogP contribution in [-0.2, 0) is 9.59 Å². The average molecular weight is 347 g/mol. The fraction of sp³-hybridized carbons (Fsp3) is 0.333. The number of hydrogen-bond acceptors (Lipinski definition) is 4. The number of halogens is 1. The van der Waals surface area contributed by atoms with E-state index in [1.807, 2.05) is 18.2 Å². The average Bonchev–Trinajstić information content (AvgIpc) is 2.39. The van der Waals surface area contributed by atoms with Gasteiger partial charge in [0.15, 0.2) is 0 Å². The van der Waals surface area contributed by atoms with Crippen molar-refractivity contribution >= 4 is 45.2 Å². The highest BCUT2D eigenvalue weighted by molar-refractivity contribution is 9.10. The molecule has 0 aliphatic heterocycles. The Hall–Kier alpha value is -1.05. The van der Waals surface area contributed by atoms with Crippen LogP contribution < -0.4 is 10.6 Å². The number of hydrogen-bond donors (Lipinski definition) is 3. The first-order valence-electron chi connectivity index (χ1n) is 5.63. The number of benzene rings is 1. The molecule has 19 heavy (non-hydrogen) atoms. The van der Waals surface area contributed by atoms with Crippen LogP contribution in [0, 0.1) is 0 Å². The van der Waals surface area contributed by atoms with E-state index in [1.165, 1.54) is 11.8 Å². The van der Waals surface area contributed by atoms with E-state index < -0.39 is 0 Å². The zero-order chi connectivity index (χ0) is 14.1. The van der Waals surface area contributed by atoms with Crippen molar-refractivity contribution in [2.24, 2.45) is 0 Å². The first-order valence-corrected chi connectivity index (χ1v) is 7.58. The van der Waals surface area contributed by atoms with Crippen molar-refractivity contribution in [3.05, 3.63) is 28.7 Å². The van der Waals surface area contributed by atoms with Crippen molar-refractivity contribution in [3.8, 4) is 0 Å². The highest BCUT2D eigenvalue weighted by atomic mass is 79.9. The topological polar surface area (TPSA) is 78.4 Å². The van der Waals surface area contributed by atoms with E-state index in [0.29, 0.717) is 11.4 Å². The van der Waals surface area contributed by atoms with Crippen LogP contribution in [0.3, 0.4) is 0 Å². The molecule has 0 radical (unpaired) electrons. The second kappa shape index (κ2) is 8.95. The summed E-state index contributed by atoms with van der Waals surface area (Å²) in [5.74, 6) is 0.243. The third-order valence-electron chi connectivity index (χ3n) is 2.06. The number of thioether (sulfide) groups is 1. The van der Waals surface area contributed by atoms with Gasteiger partial charge >= 0.3 is 0 Å². The van der Waals surface area contributed by atoms with Gasteiger partial charge in [0.1, 0.15) is 0 Å². The van der Waals surface area contributed by atoms with E-state index in [0.717, 1.165) is 4.47 Å². The number of aliphatic hydroxyl groups is 1. The number of amides is 2. The lowest BCUT2D eigenvalue weighted by molar-refractivity contribution is -0.122. The zero-order valence-electron chi connectivity index (χ0n) is 10.2. The Labute approximate surface area is 124 Å².